The Labute approximate surface area is 89.2 Å². The summed E-state index contributed by atoms with van der Waals surface area (Å²) in [5.41, 5.74) is 3.43. The van der Waals surface area contributed by atoms with Crippen LogP contribution in [0.1, 0.15) is 17.7 Å². The van der Waals surface area contributed by atoms with Crippen LogP contribution in [0, 0.1) is 0 Å². The second-order valence-electron chi connectivity index (χ2n) is 3.03. The molecular formula is C9H10F2N2O3. The van der Waals surface area contributed by atoms with E-state index in [1.807, 2.05) is 0 Å². The van der Waals surface area contributed by atoms with Gasteiger partial charge < -0.3 is 15.5 Å². The molecule has 1 rings (SSSR count). The van der Waals surface area contributed by atoms with Crippen molar-refractivity contribution < 1.29 is 18.3 Å². The molecule has 0 aliphatic rings. The summed E-state index contributed by atoms with van der Waals surface area (Å²) in [5.74, 6) is -0.809. The Bertz CT molecular complexity index is 457. The number of rotatable bonds is 3. The molecule has 1 heterocycles. The number of hydrogen-bond donors (Lipinski definition) is 2. The number of H-pyrrole nitrogens is 1. The standard InChI is InChI=1S/C9H10F2N2O3/c1-16-7(15)2-4-8(9(10)11)5(14)3-6(12)13-4/h3,9H,2H2,1H3,(H3,12,13,14). The Hall–Kier alpha value is -1.92. The molecule has 0 unspecified atom stereocenters. The number of esters is 1. The van der Waals surface area contributed by atoms with Crippen molar-refractivity contribution in [3.05, 3.63) is 27.5 Å². The summed E-state index contributed by atoms with van der Waals surface area (Å²) in [4.78, 5) is 24.5. The van der Waals surface area contributed by atoms with E-state index in [1.165, 1.54) is 0 Å². The molecule has 16 heavy (non-hydrogen) atoms. The van der Waals surface area contributed by atoms with E-state index >= 15 is 0 Å². The van der Waals surface area contributed by atoms with Crippen LogP contribution in [0.2, 0.25) is 0 Å². The molecule has 0 amide bonds. The first kappa shape index (κ1) is 12.2. The van der Waals surface area contributed by atoms with Gasteiger partial charge in [0.25, 0.3) is 6.43 Å². The molecule has 0 saturated heterocycles. The summed E-state index contributed by atoms with van der Waals surface area (Å²) in [6, 6.07) is 0.849. The van der Waals surface area contributed by atoms with Gasteiger partial charge in [-0.05, 0) is 0 Å². The van der Waals surface area contributed by atoms with Crippen LogP contribution in [-0.2, 0) is 16.0 Å². The number of anilines is 1. The maximum absolute atomic E-state index is 12.6. The second-order valence-corrected chi connectivity index (χ2v) is 3.03. The van der Waals surface area contributed by atoms with Gasteiger partial charge in [-0.25, -0.2) is 8.78 Å². The fourth-order valence-electron chi connectivity index (χ4n) is 1.24. The van der Waals surface area contributed by atoms with E-state index in [9.17, 15) is 18.4 Å². The zero-order chi connectivity index (χ0) is 12.3. The van der Waals surface area contributed by atoms with Crippen molar-refractivity contribution in [1.29, 1.82) is 0 Å². The third-order valence-electron chi connectivity index (χ3n) is 1.94. The van der Waals surface area contributed by atoms with Crippen LogP contribution in [0.3, 0.4) is 0 Å². The molecule has 88 valence electrons. The number of nitrogen functional groups attached to an aromatic ring is 1. The number of methoxy groups -OCH3 is 1. The highest BCUT2D eigenvalue weighted by atomic mass is 19.3. The Morgan fingerprint density at radius 1 is 1.62 bits per heavy atom. The average Bonchev–Trinajstić information content (AvgIpc) is 2.15. The summed E-state index contributed by atoms with van der Waals surface area (Å²) in [6.07, 6.45) is -3.42. The smallest absolute Gasteiger partial charge is 0.311 e. The van der Waals surface area contributed by atoms with Crippen LogP contribution in [-0.4, -0.2) is 18.1 Å². The van der Waals surface area contributed by atoms with Crippen LogP contribution in [0.5, 0.6) is 0 Å². The number of nitrogens with one attached hydrogen (secondary N) is 1. The molecule has 0 spiro atoms. The van der Waals surface area contributed by atoms with Crippen molar-refractivity contribution in [2.75, 3.05) is 12.8 Å². The molecule has 0 atom stereocenters. The monoisotopic (exact) mass is 232 g/mol. The normalized spacial score (nSPS) is 10.5. The van der Waals surface area contributed by atoms with Gasteiger partial charge in [0.1, 0.15) is 5.82 Å². The van der Waals surface area contributed by atoms with Gasteiger partial charge in [-0.2, -0.15) is 0 Å². The van der Waals surface area contributed by atoms with E-state index in [1.54, 1.807) is 0 Å². The largest absolute Gasteiger partial charge is 0.469 e. The zero-order valence-corrected chi connectivity index (χ0v) is 8.42. The molecule has 0 saturated carbocycles. The van der Waals surface area contributed by atoms with E-state index in [4.69, 9.17) is 5.73 Å². The van der Waals surface area contributed by atoms with Crippen molar-refractivity contribution >= 4 is 11.8 Å². The average molecular weight is 232 g/mol. The lowest BCUT2D eigenvalue weighted by Crippen LogP contribution is -2.18. The summed E-state index contributed by atoms with van der Waals surface area (Å²) in [6.45, 7) is 0. The number of carbonyl (C=O) groups excluding carboxylic acids is 1. The highest BCUT2D eigenvalue weighted by molar-refractivity contribution is 5.72. The summed E-state index contributed by atoms with van der Waals surface area (Å²) in [5, 5.41) is 0. The van der Waals surface area contributed by atoms with Crippen molar-refractivity contribution in [2.24, 2.45) is 0 Å². The van der Waals surface area contributed by atoms with Gasteiger partial charge in [0.15, 0.2) is 5.43 Å². The maximum atomic E-state index is 12.6. The van der Waals surface area contributed by atoms with Gasteiger partial charge in [-0.1, -0.05) is 0 Å². The van der Waals surface area contributed by atoms with E-state index in [-0.39, 0.29) is 11.5 Å². The number of alkyl halides is 2. The number of halogens is 2. The van der Waals surface area contributed by atoms with Crippen LogP contribution in [0.15, 0.2) is 10.9 Å². The molecular weight excluding hydrogens is 222 g/mol. The van der Waals surface area contributed by atoms with Gasteiger partial charge in [-0.3, -0.25) is 9.59 Å². The summed E-state index contributed by atoms with van der Waals surface area (Å²) >= 11 is 0. The first-order valence-electron chi connectivity index (χ1n) is 4.32. The van der Waals surface area contributed by atoms with Crippen LogP contribution < -0.4 is 11.2 Å². The predicted octanol–water partition coefficient (Wildman–Crippen LogP) is 0.610. The molecule has 0 aromatic carbocycles. The number of aromatic amines is 1. The minimum absolute atomic E-state index is 0.0756. The quantitative estimate of drug-likeness (QED) is 0.747. The molecule has 0 bridgehead atoms. The Balaban J connectivity index is 3.24. The SMILES string of the molecule is COC(=O)Cc1[nH]c(N)cc(=O)c1C(F)F. The highest BCUT2D eigenvalue weighted by Crippen LogP contribution is 2.19. The minimum atomic E-state index is -2.97. The topological polar surface area (TPSA) is 85.2 Å². The molecule has 0 aliphatic carbocycles. The lowest BCUT2D eigenvalue weighted by molar-refractivity contribution is -0.139. The third kappa shape index (κ3) is 2.56. The second kappa shape index (κ2) is 4.73. The van der Waals surface area contributed by atoms with E-state index in [0.717, 1.165) is 13.2 Å². The number of hydrogen-bond acceptors (Lipinski definition) is 4. The Morgan fingerprint density at radius 2 is 2.25 bits per heavy atom. The number of carbonyl (C=O) groups is 1. The fourth-order valence-corrected chi connectivity index (χ4v) is 1.24. The van der Waals surface area contributed by atoms with Crippen LogP contribution >= 0.6 is 0 Å². The molecule has 0 fully saturated rings. The molecule has 5 nitrogen and oxygen atoms in total. The molecule has 0 aliphatic heterocycles. The van der Waals surface area contributed by atoms with Crippen molar-refractivity contribution in [3.8, 4) is 0 Å². The molecule has 3 N–H and O–H groups in total. The summed E-state index contributed by atoms with van der Waals surface area (Å²) < 4.78 is 29.4. The number of aromatic nitrogens is 1. The van der Waals surface area contributed by atoms with Crippen molar-refractivity contribution in [1.82, 2.24) is 4.98 Å². The molecule has 7 heteroatoms. The van der Waals surface area contributed by atoms with E-state index in [2.05, 4.69) is 9.72 Å². The lowest BCUT2D eigenvalue weighted by Gasteiger charge is -2.08. The first-order chi connectivity index (χ1) is 7.45. The fraction of sp³-hybridized carbons (Fsp3) is 0.333. The summed E-state index contributed by atoms with van der Waals surface area (Å²) in [7, 11) is 1.12. The van der Waals surface area contributed by atoms with E-state index in [0.29, 0.717) is 0 Å². The lowest BCUT2D eigenvalue weighted by atomic mass is 10.1. The van der Waals surface area contributed by atoms with Gasteiger partial charge >= 0.3 is 5.97 Å². The Morgan fingerprint density at radius 3 is 2.75 bits per heavy atom. The third-order valence-corrected chi connectivity index (χ3v) is 1.94. The number of nitrogens with two attached hydrogens (primary N) is 1. The van der Waals surface area contributed by atoms with E-state index < -0.39 is 29.8 Å². The van der Waals surface area contributed by atoms with Gasteiger partial charge in [0, 0.05) is 11.8 Å². The first-order valence-corrected chi connectivity index (χ1v) is 4.32. The van der Waals surface area contributed by atoms with Gasteiger partial charge in [0.05, 0.1) is 19.1 Å². The van der Waals surface area contributed by atoms with Crippen molar-refractivity contribution in [3.63, 3.8) is 0 Å². The zero-order valence-electron chi connectivity index (χ0n) is 8.42. The maximum Gasteiger partial charge on any atom is 0.311 e. The number of ether oxygens (including phenoxy) is 1. The van der Waals surface area contributed by atoms with Crippen LogP contribution in [0.4, 0.5) is 14.6 Å². The van der Waals surface area contributed by atoms with Crippen LogP contribution in [0.25, 0.3) is 0 Å². The molecule has 1 aromatic rings. The van der Waals surface area contributed by atoms with Crippen molar-refractivity contribution in [2.45, 2.75) is 12.8 Å². The van der Waals surface area contributed by atoms with Gasteiger partial charge in [-0.15, -0.1) is 0 Å². The minimum Gasteiger partial charge on any atom is -0.469 e. The predicted molar refractivity (Wildman–Crippen MR) is 52.2 cm³/mol. The highest BCUT2D eigenvalue weighted by Gasteiger charge is 2.20. The molecule has 0 radical (unpaired) electrons. The Kier molecular flexibility index (Phi) is 3.60. The number of pyridine rings is 1. The molecule has 1 aromatic heterocycles. The van der Waals surface area contributed by atoms with Gasteiger partial charge in [0.2, 0.25) is 0 Å².